The third-order valence-corrected chi connectivity index (χ3v) is 13.4. The van der Waals surface area contributed by atoms with Gasteiger partial charge in [0, 0.05) is 38.1 Å². The van der Waals surface area contributed by atoms with Gasteiger partial charge in [-0.25, -0.2) is 0 Å². The quantitative estimate of drug-likeness (QED) is 0.166. The summed E-state index contributed by atoms with van der Waals surface area (Å²) in [5.74, 6) is 0. The summed E-state index contributed by atoms with van der Waals surface area (Å²) < 4.78 is 49.8. The molecule has 0 N–H and O–H groups in total. The summed E-state index contributed by atoms with van der Waals surface area (Å²) in [6.07, 6.45) is -4.68. The molecule has 0 atom stereocenters. The number of fused-ring (bicyclic) bond motifs is 10. The Morgan fingerprint density at radius 2 is 0.860 bits per heavy atom. The van der Waals surface area contributed by atoms with E-state index in [2.05, 4.69) is 77.7 Å². The first-order valence-electron chi connectivity index (χ1n) is 19.2. The Morgan fingerprint density at radius 1 is 0.404 bits per heavy atom. The highest BCUT2D eigenvalue weighted by Crippen LogP contribution is 2.55. The molecule has 8 aromatic carbocycles. The van der Waals surface area contributed by atoms with E-state index in [-0.39, 0.29) is 17.3 Å². The van der Waals surface area contributed by atoms with Crippen molar-refractivity contribution in [2.75, 3.05) is 9.80 Å². The zero-order valence-electron chi connectivity index (χ0n) is 30.3. The molecule has 0 unspecified atom stereocenters. The topological polar surface area (TPSA) is 6.48 Å². The molecule has 0 aliphatic carbocycles. The predicted molar refractivity (Wildman–Crippen MR) is 232 cm³/mol. The van der Waals surface area contributed by atoms with Gasteiger partial charge in [-0.2, -0.15) is 13.2 Å². The van der Waals surface area contributed by atoms with Crippen LogP contribution in [-0.4, -0.2) is 13.4 Å². The molecule has 4 aliphatic heterocycles. The molecule has 0 saturated carbocycles. The second kappa shape index (κ2) is 12.1. The third-order valence-electron chi connectivity index (χ3n) is 12.1. The average Bonchev–Trinajstić information content (AvgIpc) is 3.25. The first-order chi connectivity index (χ1) is 28.0. The van der Waals surface area contributed by atoms with Gasteiger partial charge in [0.25, 0.3) is 6.71 Å². The maximum absolute atomic E-state index is 16.6. The molecule has 0 fully saturated rings. The molecule has 268 valence electrons. The molecule has 4 heterocycles. The summed E-state index contributed by atoms with van der Waals surface area (Å²) in [6, 6.07) is 59.1. The fourth-order valence-corrected chi connectivity index (χ4v) is 11.2. The van der Waals surface area contributed by atoms with Crippen molar-refractivity contribution >= 4 is 92.1 Å². The van der Waals surface area contributed by atoms with Crippen molar-refractivity contribution in [1.82, 2.24) is 0 Å². The van der Waals surface area contributed by atoms with Gasteiger partial charge in [0.1, 0.15) is 0 Å². The van der Waals surface area contributed by atoms with Crippen LogP contribution < -0.4 is 42.6 Å². The largest absolute Gasteiger partial charge is 0.419 e. The van der Waals surface area contributed by atoms with Crippen molar-refractivity contribution in [2.45, 2.75) is 16.0 Å². The highest BCUT2D eigenvalue weighted by atomic mass is 32.2. The Hall–Kier alpha value is -6.37. The van der Waals surface area contributed by atoms with Crippen LogP contribution in [0.3, 0.4) is 0 Å². The Morgan fingerprint density at radius 3 is 1.47 bits per heavy atom. The lowest BCUT2D eigenvalue weighted by Crippen LogP contribution is -2.68. The Balaban J connectivity index is 1.21. The molecule has 12 rings (SSSR count). The fourth-order valence-electron chi connectivity index (χ4n) is 9.94. The zero-order valence-corrected chi connectivity index (χ0v) is 31.2. The van der Waals surface area contributed by atoms with Gasteiger partial charge >= 0.3 is 6.18 Å². The molecule has 0 radical (unpaired) electrons. The number of hydrogen-bond acceptors (Lipinski definition) is 3. The summed E-state index contributed by atoms with van der Waals surface area (Å²) in [4.78, 5) is 5.34. The molecule has 8 heteroatoms. The van der Waals surface area contributed by atoms with Gasteiger partial charge in [-0.1, -0.05) is 163 Å². The van der Waals surface area contributed by atoms with E-state index < -0.39 is 18.5 Å². The Bertz CT molecular complexity index is 2960. The molecule has 4 aliphatic rings. The molecular formula is C49H29B2F3N2S. The van der Waals surface area contributed by atoms with Crippen LogP contribution in [0.2, 0.25) is 0 Å². The molecule has 0 bridgehead atoms. The van der Waals surface area contributed by atoms with E-state index in [1.807, 2.05) is 108 Å². The van der Waals surface area contributed by atoms with Crippen LogP contribution >= 0.6 is 11.8 Å². The number of nitrogens with zero attached hydrogens (tertiary/aromatic N) is 2. The minimum absolute atomic E-state index is 0.206. The van der Waals surface area contributed by atoms with Crippen molar-refractivity contribution in [3.05, 3.63) is 181 Å². The van der Waals surface area contributed by atoms with Crippen molar-refractivity contribution in [3.63, 3.8) is 0 Å². The van der Waals surface area contributed by atoms with Crippen molar-refractivity contribution in [2.24, 2.45) is 0 Å². The maximum atomic E-state index is 16.6. The van der Waals surface area contributed by atoms with Crippen molar-refractivity contribution < 1.29 is 13.2 Å². The van der Waals surface area contributed by atoms with Crippen LogP contribution in [0.15, 0.2) is 186 Å². The molecule has 0 amide bonds. The number of para-hydroxylation sites is 4. The summed E-state index contributed by atoms with van der Waals surface area (Å²) >= 11 is 1.26. The zero-order chi connectivity index (χ0) is 38.0. The highest BCUT2D eigenvalue weighted by Gasteiger charge is 2.55. The smallest absolute Gasteiger partial charge is 0.312 e. The van der Waals surface area contributed by atoms with E-state index in [9.17, 15) is 0 Å². The van der Waals surface area contributed by atoms with Crippen LogP contribution in [0.4, 0.5) is 47.3 Å². The second-order valence-corrected chi connectivity index (χ2v) is 16.1. The van der Waals surface area contributed by atoms with Crippen LogP contribution in [-0.2, 0) is 6.18 Å². The highest BCUT2D eigenvalue weighted by molar-refractivity contribution is 8.00. The Kier molecular flexibility index (Phi) is 6.95. The summed E-state index contributed by atoms with van der Waals surface area (Å²) in [7, 11) is 0. The minimum atomic E-state index is -4.68. The molecule has 57 heavy (non-hydrogen) atoms. The van der Waals surface area contributed by atoms with E-state index in [0.717, 1.165) is 77.2 Å². The standard InChI is InChI=1S/C49H29B2F3N2S/c52-49(53,54)43-46-44-47-45-48(43)57-42-25-13-8-20-37(42)51(45)36-19-7-12-24-41(36)56(47)40-23-11-6-18-35(40)50(44)34-17-5-10-22-39(34)55(46)38-21-9-4-16-33(38)32-28-26-31(27-29-32)30-14-2-1-3-15-30/h1-29H. The fraction of sp³-hybridized carbons (Fsp3) is 0.0204. The van der Waals surface area contributed by atoms with Gasteiger partial charge in [-0.15, -0.1) is 0 Å². The SMILES string of the molecule is FC(F)(F)c1c2c3c4c5c1N(c1ccccc1-c1ccc(-c6ccccc6)cc1)c1ccccc1B5c1ccccc1N4c1ccccc1B3c1ccccc1S2. The molecule has 0 spiro atoms. The molecule has 0 aromatic heterocycles. The molecule has 8 aromatic rings. The first kappa shape index (κ1) is 32.8. The number of hydrogen-bond donors (Lipinski definition) is 0. The van der Waals surface area contributed by atoms with E-state index in [0.29, 0.717) is 11.2 Å². The van der Waals surface area contributed by atoms with Gasteiger partial charge in [0.2, 0.25) is 6.71 Å². The monoisotopic (exact) mass is 756 g/mol. The lowest BCUT2D eigenvalue weighted by molar-refractivity contribution is -0.139. The molecular weight excluding hydrogens is 727 g/mol. The maximum Gasteiger partial charge on any atom is 0.419 e. The lowest BCUT2D eigenvalue weighted by atomic mass is 9.29. The van der Waals surface area contributed by atoms with Crippen LogP contribution in [0.1, 0.15) is 5.56 Å². The first-order valence-corrected chi connectivity index (χ1v) is 20.0. The summed E-state index contributed by atoms with van der Waals surface area (Å²) in [5.41, 5.74) is 13.4. The predicted octanol–water partition coefficient (Wildman–Crippen LogP) is 9.42. The minimum Gasteiger partial charge on any atom is -0.312 e. The molecule has 0 saturated heterocycles. The van der Waals surface area contributed by atoms with Gasteiger partial charge in [-0.05, 0) is 74.3 Å². The van der Waals surface area contributed by atoms with E-state index in [1.54, 1.807) is 0 Å². The van der Waals surface area contributed by atoms with E-state index >= 15 is 13.2 Å². The van der Waals surface area contributed by atoms with Crippen LogP contribution in [0, 0.1) is 0 Å². The van der Waals surface area contributed by atoms with Crippen molar-refractivity contribution in [1.29, 1.82) is 0 Å². The van der Waals surface area contributed by atoms with Gasteiger partial charge < -0.3 is 9.80 Å². The summed E-state index contributed by atoms with van der Waals surface area (Å²) in [6.45, 7) is -0.787. The number of rotatable bonds is 3. The van der Waals surface area contributed by atoms with Crippen molar-refractivity contribution in [3.8, 4) is 22.3 Å². The summed E-state index contributed by atoms with van der Waals surface area (Å²) in [5, 5.41) is 0. The number of alkyl halides is 3. The third kappa shape index (κ3) is 4.59. The van der Waals surface area contributed by atoms with Gasteiger partial charge in [0.05, 0.1) is 16.9 Å². The van der Waals surface area contributed by atoms with Crippen LogP contribution in [0.25, 0.3) is 22.3 Å². The lowest BCUT2D eigenvalue weighted by Gasteiger charge is -2.50. The Labute approximate surface area is 333 Å². The number of anilines is 6. The van der Waals surface area contributed by atoms with Gasteiger partial charge in [-0.3, -0.25) is 0 Å². The second-order valence-electron chi connectivity index (χ2n) is 15.0. The van der Waals surface area contributed by atoms with E-state index in [1.165, 1.54) is 11.8 Å². The van der Waals surface area contributed by atoms with Crippen LogP contribution in [0.5, 0.6) is 0 Å². The number of halogens is 3. The number of benzene rings is 8. The normalized spacial score (nSPS) is 14.0. The van der Waals surface area contributed by atoms with E-state index in [4.69, 9.17) is 0 Å². The van der Waals surface area contributed by atoms with Gasteiger partial charge in [0.15, 0.2) is 0 Å². The average molecular weight is 756 g/mol. The molecule has 2 nitrogen and oxygen atoms in total.